The second-order valence-corrected chi connectivity index (χ2v) is 8.09. The van der Waals surface area contributed by atoms with Crippen LogP contribution in [0.25, 0.3) is 11.1 Å². The van der Waals surface area contributed by atoms with Crippen LogP contribution in [-0.2, 0) is 11.2 Å². The Morgan fingerprint density at radius 2 is 1.48 bits per heavy atom. The largest absolute Gasteiger partial charge is 0.464 e. The van der Waals surface area contributed by atoms with Crippen molar-refractivity contribution in [2.45, 2.75) is 31.4 Å². The number of aliphatic hydroxyl groups is 1. The zero-order valence-electron chi connectivity index (χ0n) is 18.2. The van der Waals surface area contributed by atoms with Crippen molar-refractivity contribution >= 4 is 12.2 Å². The van der Waals surface area contributed by atoms with Crippen molar-refractivity contribution in [3.05, 3.63) is 95.6 Å². The molecule has 1 aliphatic carbocycles. The Balaban J connectivity index is 1.46. The van der Waals surface area contributed by atoms with Crippen molar-refractivity contribution in [1.29, 1.82) is 0 Å². The molecule has 7 heteroatoms. The van der Waals surface area contributed by atoms with Gasteiger partial charge in [-0.3, -0.25) is 0 Å². The van der Waals surface area contributed by atoms with E-state index in [1.807, 2.05) is 78.9 Å². The molecule has 170 valence electrons. The van der Waals surface area contributed by atoms with Crippen LogP contribution in [0.3, 0.4) is 0 Å². The maximum atomic E-state index is 12.6. The molecule has 2 amide bonds. The Bertz CT molecular complexity index is 1090. The van der Waals surface area contributed by atoms with Crippen molar-refractivity contribution in [3.63, 3.8) is 0 Å². The molecule has 0 aliphatic heterocycles. The zero-order valence-corrected chi connectivity index (χ0v) is 18.2. The number of aliphatic hydroxyl groups excluding tert-OH is 1. The van der Waals surface area contributed by atoms with Gasteiger partial charge in [-0.25, -0.2) is 20.0 Å². The number of rotatable bonds is 6. The normalized spacial score (nSPS) is 14.0. The quantitative estimate of drug-likeness (QED) is 0.487. The van der Waals surface area contributed by atoms with Crippen LogP contribution >= 0.6 is 0 Å². The maximum absolute atomic E-state index is 12.6. The predicted molar refractivity (Wildman–Crippen MR) is 124 cm³/mol. The first-order chi connectivity index (χ1) is 16.0. The monoisotopic (exact) mass is 446 g/mol. The molecular formula is C26H26N2O5. The van der Waals surface area contributed by atoms with E-state index in [1.165, 1.54) is 6.92 Å². The summed E-state index contributed by atoms with van der Waals surface area (Å²) in [6.07, 6.45) is -3.06. The Kier molecular flexibility index (Phi) is 6.60. The standard InChI is InChI=1S/C26H26N2O5/c1-17(29)24(15-18-9-3-2-4-10-18)28(26(31)32)27-25(30)33-16-23-21-13-7-5-11-19(21)20-12-6-8-14-22(20)23/h2-14,17,23-24,29H,15-16H2,1H3,(H,27,30)(H,31,32). The number of carbonyl (C=O) groups excluding carboxylic acids is 1. The summed E-state index contributed by atoms with van der Waals surface area (Å²) in [4.78, 5) is 24.5. The molecule has 0 saturated heterocycles. The smallest absolute Gasteiger partial charge is 0.426 e. The summed E-state index contributed by atoms with van der Waals surface area (Å²) < 4.78 is 5.46. The molecule has 4 rings (SSSR count). The first-order valence-corrected chi connectivity index (χ1v) is 10.8. The van der Waals surface area contributed by atoms with E-state index in [2.05, 4.69) is 5.43 Å². The fraction of sp³-hybridized carbons (Fsp3) is 0.231. The molecular weight excluding hydrogens is 420 g/mol. The lowest BCUT2D eigenvalue weighted by atomic mass is 9.98. The third-order valence-electron chi connectivity index (χ3n) is 5.94. The zero-order chi connectivity index (χ0) is 23.4. The van der Waals surface area contributed by atoms with Crippen LogP contribution in [0, 0.1) is 0 Å². The number of hydrogen-bond donors (Lipinski definition) is 3. The van der Waals surface area contributed by atoms with Crippen LogP contribution in [0.1, 0.15) is 29.5 Å². The third kappa shape index (κ3) is 4.83. The topological polar surface area (TPSA) is 99.1 Å². The van der Waals surface area contributed by atoms with Crippen molar-refractivity contribution in [2.24, 2.45) is 0 Å². The van der Waals surface area contributed by atoms with Crippen LogP contribution in [0.15, 0.2) is 78.9 Å². The number of benzene rings is 3. The number of hydrogen-bond acceptors (Lipinski definition) is 4. The maximum Gasteiger partial charge on any atom is 0.426 e. The Morgan fingerprint density at radius 3 is 2.03 bits per heavy atom. The molecule has 3 aromatic carbocycles. The summed E-state index contributed by atoms with van der Waals surface area (Å²) in [5.74, 6) is -0.140. The van der Waals surface area contributed by atoms with Crippen LogP contribution in [0.4, 0.5) is 9.59 Å². The van der Waals surface area contributed by atoms with E-state index < -0.39 is 24.3 Å². The van der Waals surface area contributed by atoms with E-state index in [1.54, 1.807) is 0 Å². The molecule has 0 aromatic heterocycles. The molecule has 1 aliphatic rings. The molecule has 0 bridgehead atoms. The molecule has 33 heavy (non-hydrogen) atoms. The minimum Gasteiger partial charge on any atom is -0.464 e. The lowest BCUT2D eigenvalue weighted by Gasteiger charge is -2.31. The lowest BCUT2D eigenvalue weighted by Crippen LogP contribution is -2.56. The summed E-state index contributed by atoms with van der Waals surface area (Å²) in [7, 11) is 0. The number of ether oxygens (including phenoxy) is 1. The van der Waals surface area contributed by atoms with Gasteiger partial charge in [0.15, 0.2) is 0 Å². The fourth-order valence-corrected chi connectivity index (χ4v) is 4.33. The SMILES string of the molecule is CC(O)C(Cc1ccccc1)N(NC(=O)OCC1c2ccccc2-c2ccccc21)C(=O)O. The molecule has 3 N–H and O–H groups in total. The van der Waals surface area contributed by atoms with Crippen LogP contribution < -0.4 is 5.43 Å². The number of nitrogens with one attached hydrogen (secondary N) is 1. The molecule has 0 fully saturated rings. The van der Waals surface area contributed by atoms with E-state index in [9.17, 15) is 19.8 Å². The van der Waals surface area contributed by atoms with E-state index in [-0.39, 0.29) is 18.9 Å². The predicted octanol–water partition coefficient (Wildman–Crippen LogP) is 4.41. The number of amides is 2. The van der Waals surface area contributed by atoms with Crippen molar-refractivity contribution < 1.29 is 24.5 Å². The second-order valence-electron chi connectivity index (χ2n) is 8.09. The van der Waals surface area contributed by atoms with Crippen molar-refractivity contribution in [1.82, 2.24) is 10.4 Å². The van der Waals surface area contributed by atoms with Gasteiger partial charge < -0.3 is 14.9 Å². The van der Waals surface area contributed by atoms with Gasteiger partial charge in [0.2, 0.25) is 0 Å². The molecule has 3 aromatic rings. The highest BCUT2D eigenvalue weighted by molar-refractivity contribution is 5.79. The first kappa shape index (κ1) is 22.4. The average molecular weight is 447 g/mol. The summed E-state index contributed by atoms with van der Waals surface area (Å²) in [5.41, 5.74) is 7.47. The summed E-state index contributed by atoms with van der Waals surface area (Å²) >= 11 is 0. The third-order valence-corrected chi connectivity index (χ3v) is 5.94. The minimum absolute atomic E-state index is 0.0609. The lowest BCUT2D eigenvalue weighted by molar-refractivity contribution is 0.0260. The molecule has 7 nitrogen and oxygen atoms in total. The van der Waals surface area contributed by atoms with Gasteiger partial charge in [0.25, 0.3) is 0 Å². The van der Waals surface area contributed by atoms with Gasteiger partial charge in [-0.15, -0.1) is 0 Å². The number of carboxylic acid groups (broad SMARTS) is 1. The summed E-state index contributed by atoms with van der Waals surface area (Å²) in [6.45, 7) is 1.55. The fourth-order valence-electron chi connectivity index (χ4n) is 4.33. The molecule has 0 spiro atoms. The number of hydrazine groups is 1. The van der Waals surface area contributed by atoms with Gasteiger partial charge >= 0.3 is 12.2 Å². The van der Waals surface area contributed by atoms with Gasteiger partial charge in [-0.2, -0.15) is 0 Å². The van der Waals surface area contributed by atoms with Crippen molar-refractivity contribution in [3.8, 4) is 11.1 Å². The van der Waals surface area contributed by atoms with Gasteiger partial charge in [-0.05, 0) is 41.2 Å². The van der Waals surface area contributed by atoms with Gasteiger partial charge in [0, 0.05) is 5.92 Å². The van der Waals surface area contributed by atoms with Crippen LogP contribution in [0.5, 0.6) is 0 Å². The molecule has 2 unspecified atom stereocenters. The van der Waals surface area contributed by atoms with Crippen molar-refractivity contribution in [2.75, 3.05) is 6.61 Å². The first-order valence-electron chi connectivity index (χ1n) is 10.8. The molecule has 0 saturated carbocycles. The Labute approximate surface area is 192 Å². The Hall–Kier alpha value is -3.84. The summed E-state index contributed by atoms with van der Waals surface area (Å²) in [6, 6.07) is 24.2. The number of fused-ring (bicyclic) bond motifs is 3. The minimum atomic E-state index is -1.38. The average Bonchev–Trinajstić information content (AvgIpc) is 3.14. The molecule has 2 atom stereocenters. The number of nitrogens with zero attached hydrogens (tertiary/aromatic N) is 1. The highest BCUT2D eigenvalue weighted by atomic mass is 16.6. The molecule has 0 heterocycles. The van der Waals surface area contributed by atoms with E-state index in [0.29, 0.717) is 0 Å². The summed E-state index contributed by atoms with van der Waals surface area (Å²) in [5, 5.41) is 20.7. The Morgan fingerprint density at radius 1 is 0.939 bits per heavy atom. The van der Waals surface area contributed by atoms with Gasteiger partial charge in [0.05, 0.1) is 12.1 Å². The van der Waals surface area contributed by atoms with E-state index >= 15 is 0 Å². The number of carbonyl (C=O) groups is 2. The van der Waals surface area contributed by atoms with Crippen LogP contribution in [-0.4, -0.2) is 46.2 Å². The van der Waals surface area contributed by atoms with E-state index in [0.717, 1.165) is 32.8 Å². The second kappa shape index (κ2) is 9.75. The molecule has 0 radical (unpaired) electrons. The van der Waals surface area contributed by atoms with Crippen LogP contribution in [0.2, 0.25) is 0 Å². The van der Waals surface area contributed by atoms with Gasteiger partial charge in [-0.1, -0.05) is 78.9 Å². The van der Waals surface area contributed by atoms with Gasteiger partial charge in [0.1, 0.15) is 6.61 Å². The van der Waals surface area contributed by atoms with E-state index in [4.69, 9.17) is 4.74 Å². The highest BCUT2D eigenvalue weighted by Gasteiger charge is 2.32. The highest BCUT2D eigenvalue weighted by Crippen LogP contribution is 2.44.